The average molecular weight is 309 g/mol. The number of alkyl halides is 1. The molecule has 0 heterocycles. The molecule has 2 atom stereocenters. The van der Waals surface area contributed by atoms with Crippen molar-refractivity contribution in [2.75, 3.05) is 32.7 Å². The molecular formula is C16H24FN3O2. The van der Waals surface area contributed by atoms with Gasteiger partial charge in [0.25, 0.3) is 0 Å². The van der Waals surface area contributed by atoms with Crippen LogP contribution in [-0.2, 0) is 0 Å². The summed E-state index contributed by atoms with van der Waals surface area (Å²) in [5.74, 6) is 0.545. The molecule has 0 unspecified atom stereocenters. The van der Waals surface area contributed by atoms with Crippen molar-refractivity contribution < 1.29 is 13.9 Å². The quantitative estimate of drug-likeness (QED) is 0.849. The number of halogens is 1. The first-order valence-electron chi connectivity index (χ1n) is 7.61. The number of rotatable bonds is 6. The topological polar surface area (TPSA) is 53.6 Å². The van der Waals surface area contributed by atoms with Crippen molar-refractivity contribution in [3.05, 3.63) is 24.3 Å². The minimum Gasteiger partial charge on any atom is -0.491 e. The molecule has 122 valence electrons. The molecule has 1 aromatic carbocycles. The predicted molar refractivity (Wildman–Crippen MR) is 85.2 cm³/mol. The van der Waals surface area contributed by atoms with Gasteiger partial charge in [-0.25, -0.2) is 9.18 Å². The Morgan fingerprint density at radius 2 is 2.23 bits per heavy atom. The van der Waals surface area contributed by atoms with E-state index in [1.807, 2.05) is 0 Å². The minimum absolute atomic E-state index is 0.0175. The molecule has 2 rings (SSSR count). The highest BCUT2D eigenvalue weighted by atomic mass is 19.1. The van der Waals surface area contributed by atoms with Crippen molar-refractivity contribution in [3.63, 3.8) is 0 Å². The van der Waals surface area contributed by atoms with E-state index in [0.717, 1.165) is 19.3 Å². The van der Waals surface area contributed by atoms with Gasteiger partial charge < -0.3 is 20.3 Å². The third kappa shape index (κ3) is 4.87. The second-order valence-corrected chi connectivity index (χ2v) is 5.79. The van der Waals surface area contributed by atoms with Gasteiger partial charge in [-0.05, 0) is 45.5 Å². The summed E-state index contributed by atoms with van der Waals surface area (Å²) >= 11 is 0. The molecule has 5 nitrogen and oxygen atoms in total. The zero-order valence-electron chi connectivity index (χ0n) is 13.1. The van der Waals surface area contributed by atoms with Gasteiger partial charge in [0.1, 0.15) is 19.0 Å². The zero-order valence-corrected chi connectivity index (χ0v) is 13.1. The maximum atomic E-state index is 12.1. The molecule has 2 amide bonds. The second kappa shape index (κ2) is 7.98. The van der Waals surface area contributed by atoms with E-state index in [-0.39, 0.29) is 18.7 Å². The molecule has 2 N–H and O–H groups in total. The second-order valence-electron chi connectivity index (χ2n) is 5.79. The van der Waals surface area contributed by atoms with Gasteiger partial charge in [0, 0.05) is 23.8 Å². The Morgan fingerprint density at radius 1 is 1.41 bits per heavy atom. The van der Waals surface area contributed by atoms with Crippen LogP contribution in [0.4, 0.5) is 14.9 Å². The molecule has 1 fully saturated rings. The van der Waals surface area contributed by atoms with Crippen LogP contribution in [0.1, 0.15) is 19.3 Å². The monoisotopic (exact) mass is 309 g/mol. The van der Waals surface area contributed by atoms with Crippen molar-refractivity contribution in [2.45, 2.75) is 31.3 Å². The number of hydrogen-bond donors (Lipinski definition) is 2. The number of carbonyl (C=O) groups is 1. The van der Waals surface area contributed by atoms with Gasteiger partial charge in [-0.2, -0.15) is 0 Å². The van der Waals surface area contributed by atoms with E-state index in [2.05, 4.69) is 29.6 Å². The number of ether oxygens (including phenoxy) is 1. The van der Waals surface area contributed by atoms with Crippen LogP contribution in [0.2, 0.25) is 0 Å². The van der Waals surface area contributed by atoms with E-state index in [4.69, 9.17) is 4.74 Å². The summed E-state index contributed by atoms with van der Waals surface area (Å²) in [5.41, 5.74) is 0.635. The van der Waals surface area contributed by atoms with Crippen LogP contribution < -0.4 is 15.4 Å². The van der Waals surface area contributed by atoms with Crippen LogP contribution in [-0.4, -0.2) is 50.4 Å². The Morgan fingerprint density at radius 3 is 2.91 bits per heavy atom. The van der Waals surface area contributed by atoms with Crippen molar-refractivity contribution in [1.29, 1.82) is 0 Å². The Balaban J connectivity index is 1.82. The predicted octanol–water partition coefficient (Wildman–Crippen LogP) is 2.64. The molecule has 1 aromatic rings. The Labute approximate surface area is 130 Å². The van der Waals surface area contributed by atoms with Gasteiger partial charge in [-0.15, -0.1) is 0 Å². The number of nitrogens with one attached hydrogen (secondary N) is 2. The first-order valence-corrected chi connectivity index (χ1v) is 7.61. The summed E-state index contributed by atoms with van der Waals surface area (Å²) in [6.07, 6.45) is 3.07. The lowest BCUT2D eigenvalue weighted by molar-refractivity contribution is 0.247. The third-order valence-corrected chi connectivity index (χ3v) is 3.91. The smallest absolute Gasteiger partial charge is 0.319 e. The van der Waals surface area contributed by atoms with Crippen molar-refractivity contribution in [3.8, 4) is 5.75 Å². The molecule has 22 heavy (non-hydrogen) atoms. The number of benzene rings is 1. The van der Waals surface area contributed by atoms with Gasteiger partial charge in [0.15, 0.2) is 0 Å². The molecular weight excluding hydrogens is 285 g/mol. The van der Waals surface area contributed by atoms with Crippen LogP contribution in [0, 0.1) is 0 Å². The van der Waals surface area contributed by atoms with Crippen LogP contribution >= 0.6 is 0 Å². The largest absolute Gasteiger partial charge is 0.491 e. The number of urea groups is 1. The molecule has 1 aliphatic rings. The Bertz CT molecular complexity index is 496. The van der Waals surface area contributed by atoms with Gasteiger partial charge >= 0.3 is 6.03 Å². The maximum absolute atomic E-state index is 12.1. The summed E-state index contributed by atoms with van der Waals surface area (Å²) in [6, 6.07) is 7.48. The highest BCUT2D eigenvalue weighted by Gasteiger charge is 2.26. The number of carbonyl (C=O) groups excluding carboxylic acids is 1. The molecule has 0 saturated heterocycles. The summed E-state index contributed by atoms with van der Waals surface area (Å²) in [6.45, 7) is -0.517. The van der Waals surface area contributed by atoms with Crippen LogP contribution in [0.3, 0.4) is 0 Å². The number of nitrogens with zero attached hydrogens (tertiary/aromatic N) is 1. The summed E-state index contributed by atoms with van der Waals surface area (Å²) in [7, 11) is 4.13. The normalized spacial score (nSPS) is 20.9. The molecule has 0 spiro atoms. The molecule has 1 saturated carbocycles. The molecule has 1 aliphatic carbocycles. The Kier molecular flexibility index (Phi) is 6.00. The lowest BCUT2D eigenvalue weighted by Crippen LogP contribution is -2.37. The van der Waals surface area contributed by atoms with E-state index in [1.165, 1.54) is 0 Å². The minimum atomic E-state index is -0.535. The van der Waals surface area contributed by atoms with Crippen molar-refractivity contribution in [1.82, 2.24) is 10.2 Å². The van der Waals surface area contributed by atoms with E-state index in [1.54, 1.807) is 24.3 Å². The van der Waals surface area contributed by atoms with E-state index in [0.29, 0.717) is 17.5 Å². The Hall–Kier alpha value is -1.82. The molecule has 0 aromatic heterocycles. The number of anilines is 1. The molecule has 0 bridgehead atoms. The van der Waals surface area contributed by atoms with Gasteiger partial charge in [-0.3, -0.25) is 0 Å². The highest BCUT2D eigenvalue weighted by Crippen LogP contribution is 2.23. The fraction of sp³-hybridized carbons (Fsp3) is 0.562. The summed E-state index contributed by atoms with van der Waals surface area (Å²) < 4.78 is 17.3. The standard InChI is InChI=1S/C16H24FN3O2/c1-20(2)14-7-6-13(10-14)19-16(21)18-12-4-3-5-15(11-12)22-9-8-17/h3-5,11,13-14H,6-10H2,1-2H3,(H2,18,19,21)/t13-,14+/m1/s1. The summed E-state index contributed by atoms with van der Waals surface area (Å²) in [5, 5.41) is 5.79. The van der Waals surface area contributed by atoms with Crippen molar-refractivity contribution in [2.24, 2.45) is 0 Å². The molecule has 0 aliphatic heterocycles. The number of amides is 2. The van der Waals surface area contributed by atoms with E-state index in [9.17, 15) is 9.18 Å². The average Bonchev–Trinajstić information content (AvgIpc) is 2.94. The van der Waals surface area contributed by atoms with Crippen LogP contribution in [0.25, 0.3) is 0 Å². The van der Waals surface area contributed by atoms with E-state index < -0.39 is 6.67 Å². The maximum Gasteiger partial charge on any atom is 0.319 e. The van der Waals surface area contributed by atoms with Crippen molar-refractivity contribution >= 4 is 11.7 Å². The van der Waals surface area contributed by atoms with Crippen LogP contribution in [0.15, 0.2) is 24.3 Å². The summed E-state index contributed by atoms with van der Waals surface area (Å²) in [4.78, 5) is 14.2. The van der Waals surface area contributed by atoms with Gasteiger partial charge in [0.2, 0.25) is 0 Å². The SMILES string of the molecule is CN(C)[C@H]1CC[C@@H](NC(=O)Nc2cccc(OCCF)c2)C1. The first-order chi connectivity index (χ1) is 10.6. The fourth-order valence-electron chi connectivity index (χ4n) is 2.73. The third-order valence-electron chi connectivity index (χ3n) is 3.91. The molecule has 6 heteroatoms. The fourth-order valence-corrected chi connectivity index (χ4v) is 2.73. The van der Waals surface area contributed by atoms with E-state index >= 15 is 0 Å². The highest BCUT2D eigenvalue weighted by molar-refractivity contribution is 5.89. The molecule has 0 radical (unpaired) electrons. The first kappa shape index (κ1) is 16.5. The van der Waals surface area contributed by atoms with Crippen LogP contribution in [0.5, 0.6) is 5.75 Å². The zero-order chi connectivity index (χ0) is 15.9. The number of hydrogen-bond acceptors (Lipinski definition) is 3. The van der Waals surface area contributed by atoms with Gasteiger partial charge in [-0.1, -0.05) is 6.07 Å². The lowest BCUT2D eigenvalue weighted by Gasteiger charge is -2.19. The lowest BCUT2D eigenvalue weighted by atomic mass is 10.2. The van der Waals surface area contributed by atoms with Gasteiger partial charge in [0.05, 0.1) is 0 Å².